The summed E-state index contributed by atoms with van der Waals surface area (Å²) in [6.45, 7) is 3.53. The van der Waals surface area contributed by atoms with Gasteiger partial charge in [0.1, 0.15) is 0 Å². The Morgan fingerprint density at radius 2 is 2.43 bits per heavy atom. The van der Waals surface area contributed by atoms with Gasteiger partial charge in [0.05, 0.1) is 0 Å². The van der Waals surface area contributed by atoms with E-state index < -0.39 is 6.10 Å². The SMILES string of the molecule is CCCCCC(O[C]=O)c1nnn[nH]1. The highest BCUT2D eigenvalue weighted by molar-refractivity contribution is 5.38. The van der Waals surface area contributed by atoms with Gasteiger partial charge in [-0.15, -0.1) is 5.10 Å². The maximum atomic E-state index is 10.1. The minimum atomic E-state index is -0.394. The van der Waals surface area contributed by atoms with Crippen LogP contribution >= 0.6 is 0 Å². The molecule has 6 heteroatoms. The van der Waals surface area contributed by atoms with Gasteiger partial charge in [-0.25, -0.2) is 9.89 Å². The predicted molar refractivity (Wildman–Crippen MR) is 47.8 cm³/mol. The molecule has 0 amide bonds. The topological polar surface area (TPSA) is 80.8 Å². The summed E-state index contributed by atoms with van der Waals surface area (Å²) >= 11 is 0. The van der Waals surface area contributed by atoms with Gasteiger partial charge in [-0.05, 0) is 23.3 Å². The maximum absolute atomic E-state index is 10.1. The van der Waals surface area contributed by atoms with Crippen LogP contribution in [0.25, 0.3) is 0 Å². The van der Waals surface area contributed by atoms with Crippen molar-refractivity contribution in [2.24, 2.45) is 0 Å². The summed E-state index contributed by atoms with van der Waals surface area (Å²) in [5.41, 5.74) is 0. The normalized spacial score (nSPS) is 12.4. The number of tetrazole rings is 1. The first-order valence-corrected chi connectivity index (χ1v) is 4.65. The van der Waals surface area contributed by atoms with Gasteiger partial charge in [0.2, 0.25) is 0 Å². The van der Waals surface area contributed by atoms with Gasteiger partial charge in [-0.3, -0.25) is 0 Å². The molecule has 77 valence electrons. The summed E-state index contributed by atoms with van der Waals surface area (Å²) in [5, 5.41) is 13.1. The molecule has 14 heavy (non-hydrogen) atoms. The summed E-state index contributed by atoms with van der Waals surface area (Å²) in [7, 11) is 0. The molecule has 0 aliphatic rings. The predicted octanol–water partition coefficient (Wildman–Crippen LogP) is 0.905. The summed E-state index contributed by atoms with van der Waals surface area (Å²) < 4.78 is 4.75. The van der Waals surface area contributed by atoms with Gasteiger partial charge in [-0.1, -0.05) is 19.8 Å². The monoisotopic (exact) mass is 197 g/mol. The first-order valence-electron chi connectivity index (χ1n) is 4.65. The van der Waals surface area contributed by atoms with Crippen LogP contribution in [0.15, 0.2) is 0 Å². The van der Waals surface area contributed by atoms with Crippen LogP contribution in [0.5, 0.6) is 0 Å². The fourth-order valence-electron chi connectivity index (χ4n) is 1.19. The number of carbonyl (C=O) groups excluding carboxylic acids is 1. The fraction of sp³-hybridized carbons (Fsp3) is 0.750. The third-order valence-corrected chi connectivity index (χ3v) is 1.93. The summed E-state index contributed by atoms with van der Waals surface area (Å²) in [6, 6.07) is 0. The molecule has 1 aromatic rings. The smallest absolute Gasteiger partial charge is 0.418 e. The van der Waals surface area contributed by atoms with E-state index in [0.717, 1.165) is 25.7 Å². The van der Waals surface area contributed by atoms with Crippen LogP contribution < -0.4 is 0 Å². The standard InChI is InChI=1S/C8H13N4O2/c1-2-3-4-5-7(14-6-13)8-9-11-12-10-8/h7H,2-5H2,1H3,(H,9,10,11,12). The quantitative estimate of drug-likeness (QED) is 0.657. The number of hydrogen-bond acceptors (Lipinski definition) is 5. The van der Waals surface area contributed by atoms with E-state index >= 15 is 0 Å². The van der Waals surface area contributed by atoms with Crippen LogP contribution in [0.3, 0.4) is 0 Å². The second kappa shape index (κ2) is 6.06. The molecule has 0 aliphatic heterocycles. The molecule has 0 aliphatic carbocycles. The van der Waals surface area contributed by atoms with Crippen LogP contribution in [0.2, 0.25) is 0 Å². The van der Waals surface area contributed by atoms with Gasteiger partial charge in [0, 0.05) is 0 Å². The number of H-pyrrole nitrogens is 1. The Labute approximate surface area is 82.0 Å². The molecule has 0 saturated heterocycles. The van der Waals surface area contributed by atoms with E-state index in [2.05, 4.69) is 27.5 Å². The molecule has 0 saturated carbocycles. The molecule has 1 aromatic heterocycles. The number of hydrogen-bond donors (Lipinski definition) is 1. The number of aromatic nitrogens is 4. The minimum absolute atomic E-state index is 0.394. The van der Waals surface area contributed by atoms with E-state index in [4.69, 9.17) is 4.74 Å². The highest BCUT2D eigenvalue weighted by Crippen LogP contribution is 2.18. The second-order valence-corrected chi connectivity index (χ2v) is 2.97. The number of nitrogens with zero attached hydrogens (tertiary/aromatic N) is 3. The lowest BCUT2D eigenvalue weighted by Gasteiger charge is -2.09. The molecule has 1 rings (SSSR count). The average Bonchev–Trinajstić information content (AvgIpc) is 2.70. The largest absolute Gasteiger partial charge is 0.446 e. The van der Waals surface area contributed by atoms with Crippen LogP contribution in [-0.2, 0) is 9.53 Å². The molecule has 0 spiro atoms. The zero-order chi connectivity index (χ0) is 10.2. The van der Waals surface area contributed by atoms with Crippen molar-refractivity contribution in [1.29, 1.82) is 0 Å². The second-order valence-electron chi connectivity index (χ2n) is 2.97. The third kappa shape index (κ3) is 3.12. The Kier molecular flexibility index (Phi) is 4.60. The van der Waals surface area contributed by atoms with Crippen molar-refractivity contribution in [3.8, 4) is 0 Å². The zero-order valence-electron chi connectivity index (χ0n) is 8.06. The number of unbranched alkanes of at least 4 members (excludes halogenated alkanes) is 2. The molecule has 1 N–H and O–H groups in total. The third-order valence-electron chi connectivity index (χ3n) is 1.93. The Bertz CT molecular complexity index is 250. The summed E-state index contributed by atoms with van der Waals surface area (Å²) in [5.74, 6) is 0.476. The molecule has 6 nitrogen and oxygen atoms in total. The van der Waals surface area contributed by atoms with E-state index in [1.54, 1.807) is 0 Å². The Hall–Kier alpha value is -1.46. The number of nitrogens with one attached hydrogen (secondary N) is 1. The van der Waals surface area contributed by atoms with Crippen molar-refractivity contribution in [2.75, 3.05) is 0 Å². The van der Waals surface area contributed by atoms with Crippen LogP contribution in [0.4, 0.5) is 0 Å². The van der Waals surface area contributed by atoms with E-state index in [0.29, 0.717) is 5.82 Å². The van der Waals surface area contributed by atoms with Crippen LogP contribution in [0, 0.1) is 0 Å². The molecule has 0 fully saturated rings. The Morgan fingerprint density at radius 1 is 1.57 bits per heavy atom. The van der Waals surface area contributed by atoms with Gasteiger partial charge in [-0.2, -0.15) is 0 Å². The molecule has 0 bridgehead atoms. The van der Waals surface area contributed by atoms with Crippen molar-refractivity contribution >= 4 is 6.47 Å². The Morgan fingerprint density at radius 3 is 3.00 bits per heavy atom. The summed E-state index contributed by atoms with van der Waals surface area (Å²) in [4.78, 5) is 10.1. The molecule has 1 atom stereocenters. The average molecular weight is 197 g/mol. The van der Waals surface area contributed by atoms with E-state index in [-0.39, 0.29) is 0 Å². The number of aromatic amines is 1. The number of rotatable bonds is 7. The van der Waals surface area contributed by atoms with Crippen molar-refractivity contribution in [3.63, 3.8) is 0 Å². The lowest BCUT2D eigenvalue weighted by Crippen LogP contribution is -2.05. The van der Waals surface area contributed by atoms with Gasteiger partial charge in [0.25, 0.3) is 0 Å². The van der Waals surface area contributed by atoms with Crippen LogP contribution in [-0.4, -0.2) is 27.1 Å². The molecule has 1 heterocycles. The van der Waals surface area contributed by atoms with Gasteiger partial charge < -0.3 is 4.74 Å². The highest BCUT2D eigenvalue weighted by atomic mass is 16.5. The van der Waals surface area contributed by atoms with E-state index in [9.17, 15) is 4.79 Å². The van der Waals surface area contributed by atoms with Gasteiger partial charge in [0.15, 0.2) is 11.9 Å². The van der Waals surface area contributed by atoms with Crippen molar-refractivity contribution in [3.05, 3.63) is 5.82 Å². The molecular weight excluding hydrogens is 184 g/mol. The zero-order valence-corrected chi connectivity index (χ0v) is 8.06. The number of ether oxygens (including phenoxy) is 1. The lowest BCUT2D eigenvalue weighted by molar-refractivity contribution is 0.157. The van der Waals surface area contributed by atoms with E-state index in [1.165, 1.54) is 6.47 Å². The molecule has 1 radical (unpaired) electrons. The van der Waals surface area contributed by atoms with Crippen molar-refractivity contribution in [1.82, 2.24) is 20.6 Å². The Balaban J connectivity index is 2.43. The molecular formula is C8H13N4O2. The van der Waals surface area contributed by atoms with Crippen molar-refractivity contribution in [2.45, 2.75) is 38.7 Å². The highest BCUT2D eigenvalue weighted by Gasteiger charge is 2.15. The molecule has 1 unspecified atom stereocenters. The minimum Gasteiger partial charge on any atom is -0.446 e. The first-order chi connectivity index (χ1) is 6.88. The summed E-state index contributed by atoms with van der Waals surface area (Å²) in [6.07, 6.45) is 3.52. The fourth-order valence-corrected chi connectivity index (χ4v) is 1.19. The van der Waals surface area contributed by atoms with E-state index in [1.807, 2.05) is 0 Å². The maximum Gasteiger partial charge on any atom is 0.418 e. The lowest BCUT2D eigenvalue weighted by atomic mass is 10.1. The van der Waals surface area contributed by atoms with Crippen molar-refractivity contribution < 1.29 is 9.53 Å². The first kappa shape index (κ1) is 10.6. The van der Waals surface area contributed by atoms with Crippen LogP contribution in [0.1, 0.15) is 44.5 Å². The van der Waals surface area contributed by atoms with Gasteiger partial charge >= 0.3 is 6.47 Å². The molecule has 0 aromatic carbocycles.